The van der Waals surface area contributed by atoms with Crippen molar-refractivity contribution in [2.45, 2.75) is 32.2 Å². The molecule has 1 aliphatic carbocycles. The van der Waals surface area contributed by atoms with Crippen molar-refractivity contribution in [3.8, 4) is 0 Å². The summed E-state index contributed by atoms with van der Waals surface area (Å²) < 4.78 is 35.0. The van der Waals surface area contributed by atoms with Gasteiger partial charge in [0, 0.05) is 29.2 Å². The van der Waals surface area contributed by atoms with E-state index >= 15 is 0 Å². The van der Waals surface area contributed by atoms with Gasteiger partial charge in [-0.3, -0.25) is 13.9 Å². The van der Waals surface area contributed by atoms with Crippen molar-refractivity contribution < 1.29 is 22.7 Å². The van der Waals surface area contributed by atoms with Gasteiger partial charge in [-0.1, -0.05) is 54.1 Å². The van der Waals surface area contributed by atoms with Gasteiger partial charge >= 0.3 is 5.97 Å². The second-order valence-corrected chi connectivity index (χ2v) is 11.9. The van der Waals surface area contributed by atoms with Crippen molar-refractivity contribution in [2.24, 2.45) is 11.8 Å². The molecule has 0 saturated heterocycles. The van der Waals surface area contributed by atoms with Crippen LogP contribution in [-0.4, -0.2) is 49.7 Å². The van der Waals surface area contributed by atoms with Crippen LogP contribution in [-0.2, 0) is 30.9 Å². The van der Waals surface area contributed by atoms with Crippen LogP contribution in [0.1, 0.15) is 29.9 Å². The molecule has 0 radical (unpaired) electrons. The molecular weight excluding hydrogens is 520 g/mol. The maximum atomic E-state index is 14.3. The third kappa shape index (κ3) is 5.13. The van der Waals surface area contributed by atoms with Gasteiger partial charge in [-0.15, -0.1) is 11.3 Å². The highest BCUT2D eigenvalue weighted by molar-refractivity contribution is 7.89. The van der Waals surface area contributed by atoms with Crippen molar-refractivity contribution in [1.29, 1.82) is 0 Å². The van der Waals surface area contributed by atoms with Gasteiger partial charge in [0.05, 0.1) is 24.5 Å². The molecule has 2 aromatic carbocycles. The number of carbonyl (C=O) groups is 2. The van der Waals surface area contributed by atoms with Gasteiger partial charge < -0.3 is 9.64 Å². The quantitative estimate of drug-likeness (QED) is 0.333. The van der Waals surface area contributed by atoms with Gasteiger partial charge in [-0.2, -0.15) is 0 Å². The van der Waals surface area contributed by atoms with Crippen molar-refractivity contribution >= 4 is 38.8 Å². The lowest BCUT2D eigenvalue weighted by molar-refractivity contribution is -0.151. The van der Waals surface area contributed by atoms with E-state index < -0.39 is 27.8 Å². The van der Waals surface area contributed by atoms with E-state index in [1.165, 1.54) is 22.8 Å². The third-order valence-corrected chi connectivity index (χ3v) is 9.52. The lowest BCUT2D eigenvalue weighted by Crippen LogP contribution is -2.52. The van der Waals surface area contributed by atoms with Crippen LogP contribution >= 0.6 is 11.3 Å². The minimum atomic E-state index is -4.10. The number of carbonyl (C=O) groups excluding carboxylic acids is 2. The van der Waals surface area contributed by atoms with Crippen LogP contribution < -0.4 is 0 Å². The number of sulfonamides is 1. The molecule has 0 aliphatic heterocycles. The Morgan fingerprint density at radius 3 is 2.13 bits per heavy atom. The van der Waals surface area contributed by atoms with Crippen LogP contribution in [0, 0.1) is 18.8 Å². The predicted molar refractivity (Wildman–Crippen MR) is 149 cm³/mol. The molecule has 0 spiro atoms. The fraction of sp³-hybridized carbons (Fsp3) is 0.310. The van der Waals surface area contributed by atoms with E-state index in [0.29, 0.717) is 24.4 Å². The Hall–Kier alpha value is -3.43. The van der Waals surface area contributed by atoms with E-state index in [9.17, 15) is 18.0 Å². The first kappa shape index (κ1) is 27.6. The molecule has 3 aromatic rings. The minimum Gasteiger partial charge on any atom is -0.469 e. The average Bonchev–Trinajstić information content (AvgIpc) is 3.43. The lowest BCUT2D eigenvalue weighted by Gasteiger charge is -2.45. The molecule has 1 aliphatic rings. The Bertz CT molecular complexity index is 1410. The van der Waals surface area contributed by atoms with Gasteiger partial charge in [0.15, 0.2) is 0 Å². The number of aryl methyl sites for hydroxylation is 1. The predicted octanol–water partition coefficient (Wildman–Crippen LogP) is 4.95. The highest BCUT2D eigenvalue weighted by Crippen LogP contribution is 2.52. The van der Waals surface area contributed by atoms with Gasteiger partial charge in [0.25, 0.3) is 10.0 Å². The van der Waals surface area contributed by atoms with Crippen LogP contribution in [0.25, 0.3) is 5.57 Å². The van der Waals surface area contributed by atoms with E-state index in [0.717, 1.165) is 16.0 Å². The van der Waals surface area contributed by atoms with E-state index in [4.69, 9.17) is 4.74 Å². The number of thiophene rings is 1. The number of rotatable bonds is 10. The Balaban J connectivity index is 1.98. The maximum Gasteiger partial charge on any atom is 0.314 e. The number of ether oxygens (including phenoxy) is 1. The summed E-state index contributed by atoms with van der Waals surface area (Å²) in [6.45, 7) is 6.50. The monoisotopic (exact) mass is 552 g/mol. The Kier molecular flexibility index (Phi) is 8.38. The zero-order valence-electron chi connectivity index (χ0n) is 22.0. The van der Waals surface area contributed by atoms with Gasteiger partial charge in [0.1, 0.15) is 5.92 Å². The van der Waals surface area contributed by atoms with Crippen molar-refractivity contribution in [3.63, 3.8) is 0 Å². The number of esters is 1. The standard InChI is InChI=1S/C29H32N2O5S2/c1-5-30(6-2)28(32)26-25(29(33)36-4)24(23-13-10-18-37-23)27(26)31(19-21-11-8-7-9-12-21)38(34,35)22-16-14-20(3)15-17-22/h7-18,25-26H,5-6,19H2,1-4H3/t25-,26-/m1/s1. The fourth-order valence-corrected chi connectivity index (χ4v) is 7.16. The summed E-state index contributed by atoms with van der Waals surface area (Å²) in [6, 6.07) is 19.6. The summed E-state index contributed by atoms with van der Waals surface area (Å²) in [5, 5.41) is 1.86. The van der Waals surface area contributed by atoms with Crippen molar-refractivity contribution in [1.82, 2.24) is 9.21 Å². The molecule has 1 aromatic heterocycles. The van der Waals surface area contributed by atoms with E-state index in [2.05, 4.69) is 0 Å². The molecule has 2 atom stereocenters. The first-order valence-electron chi connectivity index (χ1n) is 12.5. The van der Waals surface area contributed by atoms with Gasteiger partial charge in [-0.25, -0.2) is 8.42 Å². The Labute approximate surface area is 228 Å². The molecule has 0 bridgehead atoms. The van der Waals surface area contributed by atoms with Crippen LogP contribution in [0.15, 0.2) is 82.7 Å². The highest BCUT2D eigenvalue weighted by atomic mass is 32.2. The molecule has 9 heteroatoms. The summed E-state index contributed by atoms with van der Waals surface area (Å²) in [4.78, 5) is 29.5. The number of nitrogens with zero attached hydrogens (tertiary/aromatic N) is 2. The summed E-state index contributed by atoms with van der Waals surface area (Å²) >= 11 is 1.40. The van der Waals surface area contributed by atoms with Crippen molar-refractivity contribution in [2.75, 3.05) is 20.2 Å². The van der Waals surface area contributed by atoms with Crippen LogP contribution in [0.2, 0.25) is 0 Å². The molecule has 0 unspecified atom stereocenters. The van der Waals surface area contributed by atoms with Crippen LogP contribution in [0.4, 0.5) is 0 Å². The fourth-order valence-electron chi connectivity index (χ4n) is 4.81. The Morgan fingerprint density at radius 1 is 0.921 bits per heavy atom. The molecular formula is C29H32N2O5S2. The first-order chi connectivity index (χ1) is 18.2. The van der Waals surface area contributed by atoms with E-state index in [1.54, 1.807) is 29.2 Å². The van der Waals surface area contributed by atoms with Crippen LogP contribution in [0.3, 0.4) is 0 Å². The largest absolute Gasteiger partial charge is 0.469 e. The zero-order chi connectivity index (χ0) is 27.4. The molecule has 7 nitrogen and oxygen atoms in total. The number of methoxy groups -OCH3 is 1. The highest BCUT2D eigenvalue weighted by Gasteiger charge is 2.55. The van der Waals surface area contributed by atoms with Gasteiger partial charge in [-0.05, 0) is 49.9 Å². The second-order valence-electron chi connectivity index (χ2n) is 9.08. The van der Waals surface area contributed by atoms with E-state index in [1.807, 2.05) is 68.6 Å². The molecule has 1 amide bonds. The second kappa shape index (κ2) is 11.5. The average molecular weight is 553 g/mol. The Morgan fingerprint density at radius 2 is 1.58 bits per heavy atom. The van der Waals surface area contributed by atoms with Crippen LogP contribution in [0.5, 0.6) is 0 Å². The molecule has 200 valence electrons. The summed E-state index contributed by atoms with van der Waals surface area (Å²) in [7, 11) is -2.82. The topological polar surface area (TPSA) is 84.0 Å². The third-order valence-electron chi connectivity index (χ3n) is 6.84. The van der Waals surface area contributed by atoms with E-state index in [-0.39, 0.29) is 17.3 Å². The molecule has 4 rings (SSSR count). The molecule has 0 saturated carbocycles. The molecule has 38 heavy (non-hydrogen) atoms. The number of hydrogen-bond donors (Lipinski definition) is 0. The molecule has 0 N–H and O–H groups in total. The summed E-state index contributed by atoms with van der Waals surface area (Å²) in [5.74, 6) is -2.76. The number of benzene rings is 2. The summed E-state index contributed by atoms with van der Waals surface area (Å²) in [5.41, 5.74) is 2.53. The molecule has 1 heterocycles. The summed E-state index contributed by atoms with van der Waals surface area (Å²) in [6.07, 6.45) is 0. The lowest BCUT2D eigenvalue weighted by atomic mass is 9.69. The first-order valence-corrected chi connectivity index (χ1v) is 14.8. The molecule has 0 fully saturated rings. The SMILES string of the molecule is CCN(CC)C(=O)[C@H]1C(N(Cc2ccccc2)S(=O)(=O)c2ccc(C)cc2)=C(c2cccs2)[C@H]1C(=O)OC. The minimum absolute atomic E-state index is 0.0111. The van der Waals surface area contributed by atoms with Crippen molar-refractivity contribution in [3.05, 3.63) is 93.8 Å². The normalized spacial score (nSPS) is 17.1. The number of amides is 1. The number of hydrogen-bond acceptors (Lipinski definition) is 6. The maximum absolute atomic E-state index is 14.3. The zero-order valence-corrected chi connectivity index (χ0v) is 23.6. The smallest absolute Gasteiger partial charge is 0.314 e. The van der Waals surface area contributed by atoms with Gasteiger partial charge in [0.2, 0.25) is 5.91 Å².